The van der Waals surface area contributed by atoms with E-state index in [0.29, 0.717) is 5.56 Å². The van der Waals surface area contributed by atoms with Crippen molar-refractivity contribution in [3.8, 4) is 6.07 Å². The van der Waals surface area contributed by atoms with Crippen LogP contribution in [0.15, 0.2) is 18.2 Å². The SMILES string of the molecule is CC(C)OCCS(=O)(=O)Nc1cc(C#N)ccc1Cl. The molecule has 0 fully saturated rings. The molecule has 0 saturated heterocycles. The van der Waals surface area contributed by atoms with Crippen molar-refractivity contribution in [2.75, 3.05) is 17.1 Å². The monoisotopic (exact) mass is 302 g/mol. The molecule has 5 nitrogen and oxygen atoms in total. The van der Waals surface area contributed by atoms with Crippen LogP contribution < -0.4 is 4.72 Å². The van der Waals surface area contributed by atoms with Crippen molar-refractivity contribution in [1.82, 2.24) is 0 Å². The third kappa shape index (κ3) is 5.47. The van der Waals surface area contributed by atoms with Crippen LogP contribution in [0.3, 0.4) is 0 Å². The molecule has 0 radical (unpaired) electrons. The van der Waals surface area contributed by atoms with Gasteiger partial charge in [-0.2, -0.15) is 5.26 Å². The number of sulfonamides is 1. The first-order valence-electron chi connectivity index (χ1n) is 5.66. The first-order valence-corrected chi connectivity index (χ1v) is 7.69. The highest BCUT2D eigenvalue weighted by atomic mass is 35.5. The fourth-order valence-corrected chi connectivity index (χ4v) is 2.43. The molecular formula is C12H15ClN2O3S. The van der Waals surface area contributed by atoms with Crippen molar-refractivity contribution in [2.24, 2.45) is 0 Å². The highest BCUT2D eigenvalue weighted by molar-refractivity contribution is 7.92. The third-order valence-electron chi connectivity index (χ3n) is 2.16. The molecule has 0 aliphatic carbocycles. The lowest BCUT2D eigenvalue weighted by Gasteiger charge is -2.11. The fraction of sp³-hybridized carbons (Fsp3) is 0.417. The topological polar surface area (TPSA) is 79.2 Å². The number of hydrogen-bond acceptors (Lipinski definition) is 4. The molecule has 1 aromatic rings. The maximum atomic E-state index is 11.8. The van der Waals surface area contributed by atoms with Crippen molar-refractivity contribution < 1.29 is 13.2 Å². The second-order valence-electron chi connectivity index (χ2n) is 4.15. The maximum Gasteiger partial charge on any atom is 0.235 e. The van der Waals surface area contributed by atoms with Gasteiger partial charge in [0.2, 0.25) is 10.0 Å². The van der Waals surface area contributed by atoms with Crippen molar-refractivity contribution in [1.29, 1.82) is 5.26 Å². The summed E-state index contributed by atoms with van der Waals surface area (Å²) in [5.41, 5.74) is 0.533. The summed E-state index contributed by atoms with van der Waals surface area (Å²) < 4.78 is 31.1. The van der Waals surface area contributed by atoms with Gasteiger partial charge in [0.1, 0.15) is 0 Å². The van der Waals surface area contributed by atoms with Gasteiger partial charge in [0.15, 0.2) is 0 Å². The van der Waals surface area contributed by atoms with Crippen LogP contribution in [0.25, 0.3) is 0 Å². The molecule has 104 valence electrons. The first-order chi connectivity index (χ1) is 8.84. The zero-order valence-corrected chi connectivity index (χ0v) is 12.3. The normalized spacial score (nSPS) is 11.3. The summed E-state index contributed by atoms with van der Waals surface area (Å²) in [6.45, 7) is 3.75. The van der Waals surface area contributed by atoms with E-state index in [-0.39, 0.29) is 29.2 Å². The number of nitrogens with zero attached hydrogens (tertiary/aromatic N) is 1. The Bertz CT molecular complexity index is 579. The highest BCUT2D eigenvalue weighted by Gasteiger charge is 2.13. The van der Waals surface area contributed by atoms with E-state index in [1.54, 1.807) is 0 Å². The van der Waals surface area contributed by atoms with Gasteiger partial charge >= 0.3 is 0 Å². The van der Waals surface area contributed by atoms with Gasteiger partial charge in [-0.15, -0.1) is 0 Å². The number of anilines is 1. The predicted molar refractivity (Wildman–Crippen MR) is 74.7 cm³/mol. The van der Waals surface area contributed by atoms with E-state index in [0.717, 1.165) is 0 Å². The second kappa shape index (κ2) is 6.75. The van der Waals surface area contributed by atoms with Crippen LogP contribution in [0.4, 0.5) is 5.69 Å². The first kappa shape index (κ1) is 15.8. The maximum absolute atomic E-state index is 11.8. The van der Waals surface area contributed by atoms with E-state index in [1.807, 2.05) is 19.9 Å². The van der Waals surface area contributed by atoms with Crippen LogP contribution in [0, 0.1) is 11.3 Å². The molecule has 0 aliphatic heterocycles. The lowest BCUT2D eigenvalue weighted by atomic mass is 10.2. The Balaban J connectivity index is 2.75. The zero-order chi connectivity index (χ0) is 14.5. The lowest BCUT2D eigenvalue weighted by Crippen LogP contribution is -2.21. The van der Waals surface area contributed by atoms with E-state index in [4.69, 9.17) is 21.6 Å². The molecule has 19 heavy (non-hydrogen) atoms. The molecule has 0 amide bonds. The van der Waals surface area contributed by atoms with Gasteiger partial charge in [-0.25, -0.2) is 8.42 Å². The Morgan fingerprint density at radius 3 is 2.74 bits per heavy atom. The number of nitriles is 1. The average molecular weight is 303 g/mol. The number of benzene rings is 1. The van der Waals surface area contributed by atoms with Gasteiger partial charge in [0, 0.05) is 0 Å². The molecule has 0 aliphatic rings. The Kier molecular flexibility index (Phi) is 5.60. The fourth-order valence-electron chi connectivity index (χ4n) is 1.29. The average Bonchev–Trinajstić information content (AvgIpc) is 2.31. The van der Waals surface area contributed by atoms with Crippen LogP contribution in [0.1, 0.15) is 19.4 Å². The Hall–Kier alpha value is -1.29. The van der Waals surface area contributed by atoms with Crippen molar-refractivity contribution in [3.05, 3.63) is 28.8 Å². The van der Waals surface area contributed by atoms with E-state index >= 15 is 0 Å². The minimum atomic E-state index is -3.55. The Labute approximate surface area is 118 Å². The van der Waals surface area contributed by atoms with Crippen molar-refractivity contribution >= 4 is 27.3 Å². The summed E-state index contributed by atoms with van der Waals surface area (Å²) >= 11 is 5.88. The Morgan fingerprint density at radius 1 is 1.47 bits per heavy atom. The molecule has 7 heteroatoms. The molecule has 1 rings (SSSR count). The molecular weight excluding hydrogens is 288 g/mol. The molecule has 0 aromatic heterocycles. The van der Waals surface area contributed by atoms with Gasteiger partial charge in [-0.1, -0.05) is 11.6 Å². The summed E-state index contributed by atoms with van der Waals surface area (Å²) in [5.74, 6) is -0.168. The van der Waals surface area contributed by atoms with E-state index in [1.165, 1.54) is 18.2 Å². The minimum Gasteiger partial charge on any atom is -0.378 e. The van der Waals surface area contributed by atoms with Crippen LogP contribution in [-0.2, 0) is 14.8 Å². The number of nitrogens with one attached hydrogen (secondary N) is 1. The molecule has 1 N–H and O–H groups in total. The molecule has 0 atom stereocenters. The van der Waals surface area contributed by atoms with Crippen molar-refractivity contribution in [2.45, 2.75) is 20.0 Å². The molecule has 0 unspecified atom stereocenters. The number of rotatable bonds is 6. The standard InChI is InChI=1S/C12H15ClN2O3S/c1-9(2)18-5-6-19(16,17)15-12-7-10(8-14)3-4-11(12)13/h3-4,7,9,15H,5-6H2,1-2H3. The molecule has 1 aromatic carbocycles. The summed E-state index contributed by atoms with van der Waals surface area (Å²) in [6, 6.07) is 6.30. The predicted octanol–water partition coefficient (Wildman–Crippen LogP) is 2.38. The largest absolute Gasteiger partial charge is 0.378 e. The molecule has 0 saturated carbocycles. The Morgan fingerprint density at radius 2 is 2.16 bits per heavy atom. The van der Waals surface area contributed by atoms with Crippen LogP contribution in [0.2, 0.25) is 5.02 Å². The van der Waals surface area contributed by atoms with Crippen LogP contribution >= 0.6 is 11.6 Å². The molecule has 0 spiro atoms. The van der Waals surface area contributed by atoms with Crippen molar-refractivity contribution in [3.63, 3.8) is 0 Å². The van der Waals surface area contributed by atoms with Gasteiger partial charge < -0.3 is 4.74 Å². The van der Waals surface area contributed by atoms with E-state index < -0.39 is 10.0 Å². The quantitative estimate of drug-likeness (QED) is 0.875. The smallest absolute Gasteiger partial charge is 0.235 e. The van der Waals surface area contributed by atoms with Gasteiger partial charge in [-0.05, 0) is 32.0 Å². The summed E-state index contributed by atoms with van der Waals surface area (Å²) in [5, 5.41) is 9.01. The van der Waals surface area contributed by atoms with Crippen LogP contribution in [-0.4, -0.2) is 26.9 Å². The summed E-state index contributed by atoms with van der Waals surface area (Å²) in [4.78, 5) is 0. The minimum absolute atomic E-state index is 0.0271. The number of ether oxygens (including phenoxy) is 1. The van der Waals surface area contributed by atoms with Crippen LogP contribution in [0.5, 0.6) is 0 Å². The molecule has 0 heterocycles. The number of halogens is 1. The van der Waals surface area contributed by atoms with E-state index in [2.05, 4.69) is 4.72 Å². The van der Waals surface area contributed by atoms with Gasteiger partial charge in [-0.3, -0.25) is 4.72 Å². The highest BCUT2D eigenvalue weighted by Crippen LogP contribution is 2.23. The van der Waals surface area contributed by atoms with Gasteiger partial charge in [0.25, 0.3) is 0 Å². The number of hydrogen-bond donors (Lipinski definition) is 1. The zero-order valence-electron chi connectivity index (χ0n) is 10.7. The summed E-state index contributed by atoms with van der Waals surface area (Å²) in [7, 11) is -3.55. The second-order valence-corrected chi connectivity index (χ2v) is 6.40. The third-order valence-corrected chi connectivity index (χ3v) is 3.73. The lowest BCUT2D eigenvalue weighted by molar-refractivity contribution is 0.0913. The van der Waals surface area contributed by atoms with Gasteiger partial charge in [0.05, 0.1) is 40.8 Å². The summed E-state index contributed by atoms with van der Waals surface area (Å²) in [6.07, 6.45) is -0.0271. The molecule has 0 bridgehead atoms. The van der Waals surface area contributed by atoms with E-state index in [9.17, 15) is 8.42 Å².